The van der Waals surface area contributed by atoms with E-state index in [0.29, 0.717) is 5.91 Å². The van der Waals surface area contributed by atoms with Crippen LogP contribution < -0.4 is 5.32 Å². The second-order valence-corrected chi connectivity index (χ2v) is 5.10. The molecule has 2 rings (SSSR count). The van der Waals surface area contributed by atoms with Gasteiger partial charge in [-0.25, -0.2) is 0 Å². The predicted molar refractivity (Wildman–Crippen MR) is 73.2 cm³/mol. The molecule has 18 heavy (non-hydrogen) atoms. The molecule has 0 aromatic heterocycles. The zero-order chi connectivity index (χ0) is 13.0. The highest BCUT2D eigenvalue weighted by Gasteiger charge is 2.28. The van der Waals surface area contributed by atoms with Crippen molar-refractivity contribution in [2.24, 2.45) is 5.92 Å². The normalized spacial score (nSPS) is 15.2. The van der Waals surface area contributed by atoms with Gasteiger partial charge in [0.25, 0.3) is 0 Å². The molecule has 98 valence electrons. The van der Waals surface area contributed by atoms with Gasteiger partial charge in [-0.3, -0.25) is 4.79 Å². The monoisotopic (exact) mass is 246 g/mol. The number of nitrogens with zero attached hydrogens (tertiary/aromatic N) is 1. The van der Waals surface area contributed by atoms with Crippen LogP contribution in [0, 0.1) is 12.8 Å². The summed E-state index contributed by atoms with van der Waals surface area (Å²) >= 11 is 0. The second-order valence-electron chi connectivity index (χ2n) is 5.10. The van der Waals surface area contributed by atoms with Crippen molar-refractivity contribution >= 4 is 5.91 Å². The molecule has 0 saturated carbocycles. The maximum atomic E-state index is 12.3. The molecule has 1 heterocycles. The van der Waals surface area contributed by atoms with E-state index in [4.69, 9.17) is 0 Å². The fraction of sp³-hybridized carbons (Fsp3) is 0.533. The highest BCUT2D eigenvalue weighted by Crippen LogP contribution is 2.13. The molecule has 1 amide bonds. The number of carbonyl (C=O) groups excluding carboxylic acids is 1. The van der Waals surface area contributed by atoms with Crippen molar-refractivity contribution in [3.63, 3.8) is 0 Å². The number of benzene rings is 1. The van der Waals surface area contributed by atoms with Crippen LogP contribution in [0.3, 0.4) is 0 Å². The standard InChI is InChI=1S/C15H22N2O/c1-3-8-17(15(18)14-9-16-10-14)11-13-6-4-12(2)5-7-13/h4-7,14,16H,3,8-11H2,1-2H3. The molecule has 1 aromatic rings. The zero-order valence-corrected chi connectivity index (χ0v) is 11.3. The molecule has 3 nitrogen and oxygen atoms in total. The van der Waals surface area contributed by atoms with E-state index >= 15 is 0 Å². The number of hydrogen-bond acceptors (Lipinski definition) is 2. The quantitative estimate of drug-likeness (QED) is 0.861. The molecule has 0 aliphatic carbocycles. The maximum Gasteiger partial charge on any atom is 0.228 e. The molecule has 0 spiro atoms. The summed E-state index contributed by atoms with van der Waals surface area (Å²) in [6, 6.07) is 8.44. The van der Waals surface area contributed by atoms with E-state index in [0.717, 1.165) is 32.6 Å². The highest BCUT2D eigenvalue weighted by molar-refractivity contribution is 5.80. The van der Waals surface area contributed by atoms with Gasteiger partial charge in [0.2, 0.25) is 5.91 Å². The number of aryl methyl sites for hydroxylation is 1. The molecule has 1 saturated heterocycles. The van der Waals surface area contributed by atoms with Gasteiger partial charge >= 0.3 is 0 Å². The Balaban J connectivity index is 2.00. The fourth-order valence-electron chi connectivity index (χ4n) is 2.17. The summed E-state index contributed by atoms with van der Waals surface area (Å²) in [5, 5.41) is 3.16. The van der Waals surface area contributed by atoms with Crippen LogP contribution in [0.4, 0.5) is 0 Å². The topological polar surface area (TPSA) is 32.3 Å². The summed E-state index contributed by atoms with van der Waals surface area (Å²) in [6.07, 6.45) is 1.01. The predicted octanol–water partition coefficient (Wildman–Crippen LogP) is 1.95. The Morgan fingerprint density at radius 1 is 1.33 bits per heavy atom. The van der Waals surface area contributed by atoms with Crippen LogP contribution in [0.5, 0.6) is 0 Å². The average Bonchev–Trinajstić information content (AvgIpc) is 2.29. The van der Waals surface area contributed by atoms with Gasteiger partial charge in [0.05, 0.1) is 5.92 Å². The van der Waals surface area contributed by atoms with Crippen LogP contribution in [0.1, 0.15) is 24.5 Å². The van der Waals surface area contributed by atoms with Gasteiger partial charge in [-0.15, -0.1) is 0 Å². The molecule has 1 fully saturated rings. The minimum atomic E-state index is 0.196. The van der Waals surface area contributed by atoms with Crippen LogP contribution in [0.25, 0.3) is 0 Å². The van der Waals surface area contributed by atoms with Crippen LogP contribution in [0.2, 0.25) is 0 Å². The molecule has 1 aromatic carbocycles. The molecular weight excluding hydrogens is 224 g/mol. The largest absolute Gasteiger partial charge is 0.338 e. The second kappa shape index (κ2) is 6.01. The third-order valence-electron chi connectivity index (χ3n) is 3.43. The van der Waals surface area contributed by atoms with Crippen LogP contribution >= 0.6 is 0 Å². The number of hydrogen-bond donors (Lipinski definition) is 1. The summed E-state index contributed by atoms with van der Waals surface area (Å²) < 4.78 is 0. The van der Waals surface area contributed by atoms with E-state index in [1.807, 2.05) is 4.90 Å². The van der Waals surface area contributed by atoms with E-state index in [-0.39, 0.29) is 5.92 Å². The van der Waals surface area contributed by atoms with Crippen molar-refractivity contribution in [1.82, 2.24) is 10.2 Å². The third-order valence-corrected chi connectivity index (χ3v) is 3.43. The first-order chi connectivity index (χ1) is 8.70. The number of amides is 1. The summed E-state index contributed by atoms with van der Waals surface area (Å²) in [7, 11) is 0. The first-order valence-corrected chi connectivity index (χ1v) is 6.75. The number of nitrogens with one attached hydrogen (secondary N) is 1. The van der Waals surface area contributed by atoms with Crippen LogP contribution in [-0.2, 0) is 11.3 Å². The number of rotatable bonds is 5. The minimum Gasteiger partial charge on any atom is -0.338 e. The van der Waals surface area contributed by atoms with E-state index in [1.165, 1.54) is 11.1 Å². The summed E-state index contributed by atoms with van der Waals surface area (Å²) in [6.45, 7) is 7.47. The SMILES string of the molecule is CCCN(Cc1ccc(C)cc1)C(=O)C1CNC1. The Morgan fingerprint density at radius 3 is 2.50 bits per heavy atom. The van der Waals surface area contributed by atoms with Crippen molar-refractivity contribution in [3.8, 4) is 0 Å². The Hall–Kier alpha value is -1.35. The Labute approximate surface area is 109 Å². The van der Waals surface area contributed by atoms with Crippen LogP contribution in [0.15, 0.2) is 24.3 Å². The molecule has 1 aliphatic rings. The van der Waals surface area contributed by atoms with Gasteiger partial charge in [-0.1, -0.05) is 36.8 Å². The minimum absolute atomic E-state index is 0.196. The average molecular weight is 246 g/mol. The van der Waals surface area contributed by atoms with Crippen molar-refractivity contribution < 1.29 is 4.79 Å². The van der Waals surface area contributed by atoms with Crippen LogP contribution in [-0.4, -0.2) is 30.4 Å². The Morgan fingerprint density at radius 2 is 2.00 bits per heavy atom. The van der Waals surface area contributed by atoms with Crippen molar-refractivity contribution in [3.05, 3.63) is 35.4 Å². The third kappa shape index (κ3) is 3.10. The lowest BCUT2D eigenvalue weighted by Crippen LogP contribution is -2.52. The van der Waals surface area contributed by atoms with E-state index in [2.05, 4.69) is 43.4 Å². The molecular formula is C15H22N2O. The van der Waals surface area contributed by atoms with Crippen molar-refractivity contribution in [2.75, 3.05) is 19.6 Å². The fourth-order valence-corrected chi connectivity index (χ4v) is 2.17. The lowest BCUT2D eigenvalue weighted by Gasteiger charge is -2.32. The Kier molecular flexibility index (Phi) is 4.37. The smallest absolute Gasteiger partial charge is 0.228 e. The molecule has 3 heteroatoms. The molecule has 0 bridgehead atoms. The summed E-state index contributed by atoms with van der Waals surface area (Å²) in [5.41, 5.74) is 2.48. The van der Waals surface area contributed by atoms with E-state index in [9.17, 15) is 4.79 Å². The molecule has 0 radical (unpaired) electrons. The van der Waals surface area contributed by atoms with Gasteiger partial charge in [0.15, 0.2) is 0 Å². The van der Waals surface area contributed by atoms with Gasteiger partial charge in [0, 0.05) is 26.2 Å². The maximum absolute atomic E-state index is 12.3. The lowest BCUT2D eigenvalue weighted by atomic mass is 10.0. The van der Waals surface area contributed by atoms with E-state index < -0.39 is 0 Å². The van der Waals surface area contributed by atoms with Gasteiger partial charge in [0.1, 0.15) is 0 Å². The zero-order valence-electron chi connectivity index (χ0n) is 11.3. The first kappa shape index (κ1) is 13.1. The highest BCUT2D eigenvalue weighted by atomic mass is 16.2. The summed E-state index contributed by atoms with van der Waals surface area (Å²) in [5.74, 6) is 0.498. The molecule has 0 unspecified atom stereocenters. The van der Waals surface area contributed by atoms with Crippen molar-refractivity contribution in [2.45, 2.75) is 26.8 Å². The first-order valence-electron chi connectivity index (χ1n) is 6.75. The molecule has 0 atom stereocenters. The Bertz CT molecular complexity index is 395. The number of carbonyl (C=O) groups is 1. The van der Waals surface area contributed by atoms with Gasteiger partial charge in [-0.2, -0.15) is 0 Å². The lowest BCUT2D eigenvalue weighted by molar-refractivity contribution is -0.137. The van der Waals surface area contributed by atoms with Gasteiger partial charge < -0.3 is 10.2 Å². The van der Waals surface area contributed by atoms with E-state index in [1.54, 1.807) is 0 Å². The summed E-state index contributed by atoms with van der Waals surface area (Å²) in [4.78, 5) is 14.3. The molecule has 1 aliphatic heterocycles. The molecule has 1 N–H and O–H groups in total. The van der Waals surface area contributed by atoms with Gasteiger partial charge in [-0.05, 0) is 18.9 Å². The van der Waals surface area contributed by atoms with Crippen molar-refractivity contribution in [1.29, 1.82) is 0 Å².